The van der Waals surface area contributed by atoms with E-state index in [1.54, 1.807) is 0 Å². The van der Waals surface area contributed by atoms with Gasteiger partial charge in [-0.1, -0.05) is 13.0 Å². The first-order valence-corrected chi connectivity index (χ1v) is 6.36. The summed E-state index contributed by atoms with van der Waals surface area (Å²) in [4.78, 5) is 13.5. The normalized spacial score (nSPS) is 10.5. The smallest absolute Gasteiger partial charge is 0.259 e. The maximum Gasteiger partial charge on any atom is 0.259 e. The lowest BCUT2D eigenvalue weighted by atomic mass is 10.1. The van der Waals surface area contributed by atoms with Crippen LogP contribution in [0.2, 0.25) is 0 Å². The molecular formula is C13H16ClF2NO. The molecule has 0 saturated carbocycles. The molecule has 0 N–H and O–H groups in total. The number of hydrogen-bond donors (Lipinski definition) is 0. The molecule has 0 aliphatic carbocycles. The van der Waals surface area contributed by atoms with Gasteiger partial charge in [0, 0.05) is 19.0 Å². The van der Waals surface area contributed by atoms with Crippen LogP contribution >= 0.6 is 11.6 Å². The molecule has 100 valence electrons. The maximum atomic E-state index is 13.8. The Balaban J connectivity index is 3.11. The number of hydrogen-bond acceptors (Lipinski definition) is 1. The van der Waals surface area contributed by atoms with Gasteiger partial charge in [0.25, 0.3) is 5.91 Å². The summed E-state index contributed by atoms with van der Waals surface area (Å²) in [5.41, 5.74) is -0.240. The molecule has 0 aliphatic rings. The number of amides is 1. The van der Waals surface area contributed by atoms with E-state index in [0.29, 0.717) is 13.0 Å². The van der Waals surface area contributed by atoms with Crippen LogP contribution in [0.25, 0.3) is 0 Å². The zero-order valence-corrected chi connectivity index (χ0v) is 11.2. The van der Waals surface area contributed by atoms with Gasteiger partial charge in [-0.15, -0.1) is 11.6 Å². The van der Waals surface area contributed by atoms with Gasteiger partial charge in [-0.05, 0) is 25.0 Å². The van der Waals surface area contributed by atoms with Crippen molar-refractivity contribution in [1.82, 2.24) is 4.90 Å². The standard InChI is InChI=1S/C13H16ClF2NO/c1-3-7-17(8-6-14)13(18)11-10(15)5-4-9(2)12(11)16/h4-5H,3,6-8H2,1-2H3. The van der Waals surface area contributed by atoms with Crippen LogP contribution in [0, 0.1) is 18.6 Å². The van der Waals surface area contributed by atoms with Crippen LogP contribution in [0.5, 0.6) is 0 Å². The molecule has 1 aromatic carbocycles. The summed E-state index contributed by atoms with van der Waals surface area (Å²) in [6.45, 7) is 4.09. The maximum absolute atomic E-state index is 13.8. The number of alkyl halides is 1. The number of rotatable bonds is 5. The van der Waals surface area contributed by atoms with E-state index in [2.05, 4.69) is 0 Å². The molecule has 0 aromatic heterocycles. The first-order chi connectivity index (χ1) is 8.52. The zero-order chi connectivity index (χ0) is 13.7. The van der Waals surface area contributed by atoms with Gasteiger partial charge in [-0.3, -0.25) is 4.79 Å². The molecule has 5 heteroatoms. The van der Waals surface area contributed by atoms with Crippen molar-refractivity contribution < 1.29 is 13.6 Å². The lowest BCUT2D eigenvalue weighted by molar-refractivity contribution is 0.0755. The molecule has 0 spiro atoms. The Hall–Kier alpha value is -1.16. The summed E-state index contributed by atoms with van der Waals surface area (Å²) in [6, 6.07) is 2.42. The Morgan fingerprint density at radius 1 is 1.33 bits per heavy atom. The SMILES string of the molecule is CCCN(CCCl)C(=O)c1c(F)ccc(C)c1F. The van der Waals surface area contributed by atoms with Gasteiger partial charge < -0.3 is 4.90 Å². The molecule has 0 radical (unpaired) electrons. The molecule has 1 rings (SSSR count). The third-order valence-electron chi connectivity index (χ3n) is 2.63. The van der Waals surface area contributed by atoms with Crippen molar-refractivity contribution in [3.05, 3.63) is 34.9 Å². The Kier molecular flexibility index (Phi) is 5.54. The third-order valence-corrected chi connectivity index (χ3v) is 2.80. The van der Waals surface area contributed by atoms with Crippen molar-refractivity contribution in [1.29, 1.82) is 0 Å². The van der Waals surface area contributed by atoms with Crippen molar-refractivity contribution in [2.75, 3.05) is 19.0 Å². The molecule has 1 aromatic rings. The van der Waals surface area contributed by atoms with Crippen LogP contribution < -0.4 is 0 Å². The van der Waals surface area contributed by atoms with Crippen molar-refractivity contribution in [2.24, 2.45) is 0 Å². The minimum Gasteiger partial charge on any atom is -0.337 e. The van der Waals surface area contributed by atoms with E-state index in [4.69, 9.17) is 11.6 Å². The minimum atomic E-state index is -0.834. The number of carbonyl (C=O) groups is 1. The monoisotopic (exact) mass is 275 g/mol. The van der Waals surface area contributed by atoms with Crippen LogP contribution in [0.15, 0.2) is 12.1 Å². The Morgan fingerprint density at radius 3 is 2.56 bits per heavy atom. The molecule has 0 aliphatic heterocycles. The Morgan fingerprint density at radius 2 is 2.00 bits per heavy atom. The summed E-state index contributed by atoms with van der Waals surface area (Å²) in [7, 11) is 0. The lowest BCUT2D eigenvalue weighted by Crippen LogP contribution is -2.34. The summed E-state index contributed by atoms with van der Waals surface area (Å²) in [5, 5.41) is 0. The van der Waals surface area contributed by atoms with E-state index in [1.807, 2.05) is 6.92 Å². The van der Waals surface area contributed by atoms with Crippen LogP contribution in [0.1, 0.15) is 29.3 Å². The first-order valence-electron chi connectivity index (χ1n) is 5.82. The van der Waals surface area contributed by atoms with Gasteiger partial charge in [0.2, 0.25) is 0 Å². The molecule has 2 nitrogen and oxygen atoms in total. The fourth-order valence-corrected chi connectivity index (χ4v) is 1.90. The van der Waals surface area contributed by atoms with Crippen molar-refractivity contribution >= 4 is 17.5 Å². The van der Waals surface area contributed by atoms with Gasteiger partial charge in [0.05, 0.1) is 0 Å². The molecule has 1 amide bonds. The molecule has 0 fully saturated rings. The van der Waals surface area contributed by atoms with Crippen LogP contribution in [-0.2, 0) is 0 Å². The number of halogens is 3. The quantitative estimate of drug-likeness (QED) is 0.755. The summed E-state index contributed by atoms with van der Waals surface area (Å²) in [5.74, 6) is -2.04. The van der Waals surface area contributed by atoms with Crippen molar-refractivity contribution in [3.63, 3.8) is 0 Å². The highest BCUT2D eigenvalue weighted by molar-refractivity contribution is 6.18. The molecule has 18 heavy (non-hydrogen) atoms. The largest absolute Gasteiger partial charge is 0.337 e. The first kappa shape index (κ1) is 14.9. The molecular weight excluding hydrogens is 260 g/mol. The lowest BCUT2D eigenvalue weighted by Gasteiger charge is -2.21. The fourth-order valence-electron chi connectivity index (χ4n) is 1.70. The molecule has 0 unspecified atom stereocenters. The topological polar surface area (TPSA) is 20.3 Å². The average molecular weight is 276 g/mol. The predicted octanol–water partition coefficient (Wildman–Crippen LogP) is 3.36. The number of aryl methyl sites for hydroxylation is 1. The third kappa shape index (κ3) is 3.19. The molecule has 0 bridgehead atoms. The zero-order valence-electron chi connectivity index (χ0n) is 10.5. The van der Waals surface area contributed by atoms with E-state index in [0.717, 1.165) is 6.07 Å². The Labute approximate surface area is 111 Å². The van der Waals surface area contributed by atoms with E-state index < -0.39 is 23.1 Å². The van der Waals surface area contributed by atoms with Gasteiger partial charge in [-0.25, -0.2) is 8.78 Å². The highest BCUT2D eigenvalue weighted by Gasteiger charge is 2.23. The fraction of sp³-hybridized carbons (Fsp3) is 0.462. The van der Waals surface area contributed by atoms with E-state index in [-0.39, 0.29) is 18.0 Å². The second-order valence-electron chi connectivity index (χ2n) is 4.03. The van der Waals surface area contributed by atoms with Crippen molar-refractivity contribution in [3.8, 4) is 0 Å². The van der Waals surface area contributed by atoms with Gasteiger partial charge in [-0.2, -0.15) is 0 Å². The summed E-state index contributed by atoms with van der Waals surface area (Å²) < 4.78 is 27.4. The van der Waals surface area contributed by atoms with Crippen LogP contribution in [-0.4, -0.2) is 29.8 Å². The highest BCUT2D eigenvalue weighted by atomic mass is 35.5. The average Bonchev–Trinajstić information content (AvgIpc) is 2.34. The molecule has 0 atom stereocenters. The predicted molar refractivity (Wildman–Crippen MR) is 68.0 cm³/mol. The van der Waals surface area contributed by atoms with Gasteiger partial charge in [0.15, 0.2) is 0 Å². The second kappa shape index (κ2) is 6.69. The van der Waals surface area contributed by atoms with E-state index in [9.17, 15) is 13.6 Å². The van der Waals surface area contributed by atoms with Gasteiger partial charge >= 0.3 is 0 Å². The van der Waals surface area contributed by atoms with Crippen molar-refractivity contribution in [2.45, 2.75) is 20.3 Å². The summed E-state index contributed by atoms with van der Waals surface area (Å²) >= 11 is 5.59. The number of benzene rings is 1. The van der Waals surface area contributed by atoms with Gasteiger partial charge in [0.1, 0.15) is 17.2 Å². The number of nitrogens with zero attached hydrogens (tertiary/aromatic N) is 1. The van der Waals surface area contributed by atoms with Crippen LogP contribution in [0.4, 0.5) is 8.78 Å². The highest BCUT2D eigenvalue weighted by Crippen LogP contribution is 2.18. The van der Waals surface area contributed by atoms with E-state index in [1.165, 1.54) is 17.9 Å². The second-order valence-corrected chi connectivity index (χ2v) is 4.41. The summed E-state index contributed by atoms with van der Waals surface area (Å²) in [6.07, 6.45) is 0.706. The minimum absolute atomic E-state index is 0.237. The Bertz CT molecular complexity index is 431. The van der Waals surface area contributed by atoms with Crippen LogP contribution in [0.3, 0.4) is 0 Å². The number of carbonyl (C=O) groups excluding carboxylic acids is 1. The molecule has 0 saturated heterocycles. The molecule has 0 heterocycles. The van der Waals surface area contributed by atoms with E-state index >= 15 is 0 Å².